The van der Waals surface area contributed by atoms with Gasteiger partial charge in [0.25, 0.3) is 0 Å². The molecule has 2 N–H and O–H groups in total. The van der Waals surface area contributed by atoms with Crippen LogP contribution in [0.5, 0.6) is 5.75 Å². The van der Waals surface area contributed by atoms with Crippen LogP contribution in [-0.2, 0) is 4.79 Å². The first kappa shape index (κ1) is 25.1. The lowest BCUT2D eigenvalue weighted by molar-refractivity contribution is -0.274. The maximum absolute atomic E-state index is 12.5. The molecule has 1 saturated carbocycles. The van der Waals surface area contributed by atoms with E-state index in [4.69, 9.17) is 0 Å². The van der Waals surface area contributed by atoms with Gasteiger partial charge in [0.2, 0.25) is 5.91 Å². The molecule has 7 nitrogen and oxygen atoms in total. The van der Waals surface area contributed by atoms with Crippen molar-refractivity contribution in [3.8, 4) is 5.75 Å². The highest BCUT2D eigenvalue weighted by molar-refractivity contribution is 5.77. The zero-order chi connectivity index (χ0) is 24.3. The Labute approximate surface area is 198 Å². The summed E-state index contributed by atoms with van der Waals surface area (Å²) in [5, 5.41) is 20.8. The topological polar surface area (TPSA) is 76.5 Å². The predicted octanol–water partition coefficient (Wildman–Crippen LogP) is 2.96. The predicted molar refractivity (Wildman–Crippen MR) is 120 cm³/mol. The van der Waals surface area contributed by atoms with Crippen LogP contribution in [0.25, 0.3) is 0 Å². The van der Waals surface area contributed by atoms with Crippen LogP contribution in [0, 0.1) is 5.41 Å². The average molecular weight is 486 g/mol. The number of piperidine rings is 1. The molecule has 1 unspecified atom stereocenters. The van der Waals surface area contributed by atoms with Gasteiger partial charge in [-0.15, -0.1) is 13.2 Å². The summed E-state index contributed by atoms with van der Waals surface area (Å²) in [4.78, 5) is 18.3. The number of hydrogen-bond donors (Lipinski definition) is 2. The highest BCUT2D eigenvalue weighted by Crippen LogP contribution is 2.53. The van der Waals surface area contributed by atoms with Gasteiger partial charge >= 0.3 is 6.36 Å². The lowest BCUT2D eigenvalue weighted by atomic mass is 9.90. The number of rotatable bonds is 8. The zero-order valence-corrected chi connectivity index (χ0v) is 19.3. The van der Waals surface area contributed by atoms with Crippen molar-refractivity contribution in [1.29, 1.82) is 0 Å². The van der Waals surface area contributed by atoms with Crippen molar-refractivity contribution in [1.82, 2.24) is 9.80 Å². The van der Waals surface area contributed by atoms with Gasteiger partial charge in [0, 0.05) is 51.4 Å². The molecule has 1 aromatic rings. The third kappa shape index (κ3) is 6.34. The van der Waals surface area contributed by atoms with E-state index in [9.17, 15) is 28.2 Å². The van der Waals surface area contributed by atoms with E-state index in [1.165, 1.54) is 12.1 Å². The molecule has 4 rings (SSSR count). The van der Waals surface area contributed by atoms with Gasteiger partial charge in [-0.2, -0.15) is 0 Å². The number of hydrogen-bond acceptors (Lipinski definition) is 6. The molecule has 3 aliphatic rings. The van der Waals surface area contributed by atoms with E-state index < -0.39 is 12.6 Å². The Bertz CT molecular complexity index is 832. The van der Waals surface area contributed by atoms with Crippen LogP contribution in [0.4, 0.5) is 18.9 Å². The summed E-state index contributed by atoms with van der Waals surface area (Å²) in [6, 6.07) is 5.71. The number of amides is 1. The van der Waals surface area contributed by atoms with Crippen molar-refractivity contribution in [2.24, 2.45) is 5.41 Å². The van der Waals surface area contributed by atoms with Crippen LogP contribution in [0.15, 0.2) is 24.3 Å². The minimum absolute atomic E-state index is 0.0638. The van der Waals surface area contributed by atoms with Gasteiger partial charge < -0.3 is 24.7 Å². The summed E-state index contributed by atoms with van der Waals surface area (Å²) < 4.78 is 41.0. The van der Waals surface area contributed by atoms with Gasteiger partial charge in [0.05, 0.1) is 6.10 Å². The lowest BCUT2D eigenvalue weighted by Gasteiger charge is -2.38. The number of ether oxygens (including phenoxy) is 1. The van der Waals surface area contributed by atoms with Crippen LogP contribution in [0.3, 0.4) is 0 Å². The first-order chi connectivity index (χ1) is 16.2. The van der Waals surface area contributed by atoms with E-state index in [0.29, 0.717) is 45.6 Å². The fraction of sp³-hybridized carbons (Fsp3) is 0.708. The Hall–Kier alpha value is -2.04. The maximum atomic E-state index is 12.5. The van der Waals surface area contributed by atoms with Gasteiger partial charge in [-0.05, 0) is 68.2 Å². The number of carbonyl (C=O) groups excluding carboxylic acids is 1. The molecule has 2 heterocycles. The number of anilines is 1. The van der Waals surface area contributed by atoms with E-state index in [2.05, 4.69) is 4.74 Å². The van der Waals surface area contributed by atoms with E-state index in [1.54, 1.807) is 12.1 Å². The number of benzene rings is 1. The van der Waals surface area contributed by atoms with Crippen molar-refractivity contribution in [2.75, 3.05) is 44.2 Å². The molecule has 0 radical (unpaired) electrons. The second kappa shape index (κ2) is 10.3. The summed E-state index contributed by atoms with van der Waals surface area (Å²) in [5.74, 6) is -0.203. The summed E-state index contributed by atoms with van der Waals surface area (Å²) >= 11 is 0. The van der Waals surface area contributed by atoms with Gasteiger partial charge in [0.15, 0.2) is 0 Å². The fourth-order valence-corrected chi connectivity index (χ4v) is 5.09. The van der Waals surface area contributed by atoms with Gasteiger partial charge in [-0.3, -0.25) is 9.69 Å². The Balaban J connectivity index is 1.18. The number of β-amino-alcohol motifs (C(OH)–C–C–N with tert-alkyl or cyclic N) is 1. The molecule has 1 aliphatic carbocycles. The van der Waals surface area contributed by atoms with Crippen molar-refractivity contribution >= 4 is 11.6 Å². The molecule has 10 heteroatoms. The monoisotopic (exact) mass is 485 g/mol. The molecule has 2 saturated heterocycles. The van der Waals surface area contributed by atoms with Gasteiger partial charge in [0.1, 0.15) is 12.0 Å². The van der Waals surface area contributed by atoms with E-state index in [0.717, 1.165) is 44.3 Å². The second-order valence-electron chi connectivity index (χ2n) is 9.76. The zero-order valence-electron chi connectivity index (χ0n) is 19.3. The highest BCUT2D eigenvalue weighted by Gasteiger charge is 2.51. The molecule has 2 aliphatic heterocycles. The number of alkyl halides is 3. The Morgan fingerprint density at radius 3 is 2.44 bits per heavy atom. The Morgan fingerprint density at radius 1 is 1.06 bits per heavy atom. The van der Waals surface area contributed by atoms with Gasteiger partial charge in [-0.25, -0.2) is 0 Å². The molecular formula is C24H34F3N3O4. The molecule has 0 aromatic heterocycles. The number of aliphatic hydroxyl groups is 2. The highest BCUT2D eigenvalue weighted by atomic mass is 19.4. The van der Waals surface area contributed by atoms with E-state index in [1.807, 2.05) is 14.7 Å². The van der Waals surface area contributed by atoms with E-state index in [-0.39, 0.29) is 23.2 Å². The largest absolute Gasteiger partial charge is 0.573 e. The number of nitrogens with zero attached hydrogens (tertiary/aromatic N) is 3. The molecule has 190 valence electrons. The molecule has 1 aromatic carbocycles. The van der Waals surface area contributed by atoms with Crippen LogP contribution in [-0.4, -0.2) is 83.9 Å². The number of halogens is 3. The molecule has 0 bridgehead atoms. The van der Waals surface area contributed by atoms with Gasteiger partial charge in [-0.1, -0.05) is 0 Å². The standard InChI is InChI=1S/C24H34F3N3O4/c25-24(26,27)34-19-6-4-18(5-7-19)28-13-8-22(33)29(16-15-28)12-2-1-3-21(32)30-14-11-23(9-10-23)20(31)17-30/h4-7,20-21,31-32H,1-3,8-17H2/t20-,21?/m1/s1. The number of unbranched alkanes of at least 4 members (excludes halogenated alkanes) is 1. The van der Waals surface area contributed by atoms with Crippen molar-refractivity contribution < 1.29 is 32.9 Å². The quantitative estimate of drug-likeness (QED) is 0.552. The van der Waals surface area contributed by atoms with Crippen LogP contribution in [0.2, 0.25) is 0 Å². The van der Waals surface area contributed by atoms with Crippen molar-refractivity contribution in [2.45, 2.75) is 63.6 Å². The fourth-order valence-electron chi connectivity index (χ4n) is 5.09. The first-order valence-corrected chi connectivity index (χ1v) is 12.1. The minimum Gasteiger partial charge on any atom is -0.406 e. The summed E-state index contributed by atoms with van der Waals surface area (Å²) in [6.07, 6.45) is 0.0293. The molecule has 3 fully saturated rings. The summed E-state index contributed by atoms with van der Waals surface area (Å²) in [7, 11) is 0. The third-order valence-electron chi connectivity index (χ3n) is 7.49. The SMILES string of the molecule is O=C1CCN(c2ccc(OC(F)(F)F)cc2)CCN1CCCCC(O)N1CCC2(CC2)[C@H](O)C1. The normalized spacial score (nSPS) is 24.3. The van der Waals surface area contributed by atoms with E-state index >= 15 is 0 Å². The summed E-state index contributed by atoms with van der Waals surface area (Å²) in [6.45, 7) is 3.62. The van der Waals surface area contributed by atoms with Crippen molar-refractivity contribution in [3.05, 3.63) is 24.3 Å². The average Bonchev–Trinajstić information content (AvgIpc) is 3.58. The number of carbonyl (C=O) groups is 1. The minimum atomic E-state index is -4.72. The molecular weight excluding hydrogens is 451 g/mol. The Kier molecular flexibility index (Phi) is 7.59. The van der Waals surface area contributed by atoms with Crippen LogP contribution < -0.4 is 9.64 Å². The first-order valence-electron chi connectivity index (χ1n) is 12.1. The lowest BCUT2D eigenvalue weighted by Crippen LogP contribution is -2.49. The third-order valence-corrected chi connectivity index (χ3v) is 7.49. The Morgan fingerprint density at radius 2 is 1.79 bits per heavy atom. The molecule has 34 heavy (non-hydrogen) atoms. The molecule has 2 atom stereocenters. The second-order valence-corrected chi connectivity index (χ2v) is 9.76. The number of aliphatic hydroxyl groups excluding tert-OH is 2. The van der Waals surface area contributed by atoms with Crippen LogP contribution in [0.1, 0.15) is 44.9 Å². The summed E-state index contributed by atoms with van der Waals surface area (Å²) in [5.41, 5.74) is 0.875. The van der Waals surface area contributed by atoms with Crippen LogP contribution >= 0.6 is 0 Å². The number of likely N-dealkylation sites (tertiary alicyclic amines) is 1. The maximum Gasteiger partial charge on any atom is 0.573 e. The molecule has 1 spiro atoms. The molecule has 1 amide bonds. The van der Waals surface area contributed by atoms with Crippen molar-refractivity contribution in [3.63, 3.8) is 0 Å². The smallest absolute Gasteiger partial charge is 0.406 e.